The number of hydrogen-bond donors (Lipinski definition) is 1. The summed E-state index contributed by atoms with van der Waals surface area (Å²) in [5.74, 6) is 0.371. The maximum Gasteiger partial charge on any atom is 0.347 e. The maximum absolute atomic E-state index is 12.8. The van der Waals surface area contributed by atoms with Gasteiger partial charge in [-0.2, -0.15) is 0 Å². The molecule has 130 valence electrons. The minimum absolute atomic E-state index is 0.433. The van der Waals surface area contributed by atoms with Gasteiger partial charge in [-0.3, -0.25) is 9.88 Å². The fourth-order valence-corrected chi connectivity index (χ4v) is 3.85. The predicted molar refractivity (Wildman–Crippen MR) is 95.4 cm³/mol. The van der Waals surface area contributed by atoms with Gasteiger partial charge in [0, 0.05) is 20.8 Å². The van der Waals surface area contributed by atoms with E-state index in [0.29, 0.717) is 13.0 Å². The van der Waals surface area contributed by atoms with Crippen LogP contribution in [-0.2, 0) is 26.6 Å². The number of hydrogen-bond acceptors (Lipinski definition) is 5. The van der Waals surface area contributed by atoms with Gasteiger partial charge >= 0.3 is 7.60 Å². The Kier molecular flexibility index (Phi) is 7.00. The zero-order valence-corrected chi connectivity index (χ0v) is 15.2. The van der Waals surface area contributed by atoms with E-state index < -0.39 is 13.4 Å². The fourth-order valence-electron chi connectivity index (χ4n) is 2.44. The molecular weight excluding hydrogens is 325 g/mol. The van der Waals surface area contributed by atoms with Crippen molar-refractivity contribution < 1.29 is 18.3 Å². The molecule has 2 aromatic carbocycles. The van der Waals surface area contributed by atoms with Crippen LogP contribution in [0.3, 0.4) is 0 Å². The fraction of sp³-hybridized carbons (Fsp3) is 0.333. The van der Waals surface area contributed by atoms with Gasteiger partial charge < -0.3 is 13.8 Å². The van der Waals surface area contributed by atoms with Crippen LogP contribution in [0.2, 0.25) is 0 Å². The van der Waals surface area contributed by atoms with Crippen molar-refractivity contribution in [2.24, 2.45) is 0 Å². The van der Waals surface area contributed by atoms with Gasteiger partial charge in [-0.15, -0.1) is 0 Å². The molecule has 0 saturated carbocycles. The van der Waals surface area contributed by atoms with Crippen molar-refractivity contribution in [2.45, 2.75) is 18.7 Å². The average molecular weight is 349 g/mol. The SMILES string of the molecule is COc1ccc(CNC(Cc2ccccc2)P(=O)(OC)OC)cc1. The van der Waals surface area contributed by atoms with Crippen LogP contribution in [0.15, 0.2) is 54.6 Å². The quantitative estimate of drug-likeness (QED) is 0.697. The molecule has 6 heteroatoms. The summed E-state index contributed by atoms with van der Waals surface area (Å²) in [5, 5.41) is 3.31. The summed E-state index contributed by atoms with van der Waals surface area (Å²) in [6.07, 6.45) is 0.552. The van der Waals surface area contributed by atoms with Crippen molar-refractivity contribution in [3.8, 4) is 5.75 Å². The second-order valence-electron chi connectivity index (χ2n) is 5.34. The lowest BCUT2D eigenvalue weighted by Gasteiger charge is -2.25. The standard InChI is InChI=1S/C18H24NO4P/c1-21-17-11-9-16(10-12-17)14-19-18(24(20,22-2)23-3)13-15-7-5-4-6-8-15/h4-12,18-19H,13-14H2,1-3H3. The van der Waals surface area contributed by atoms with Crippen molar-refractivity contribution in [3.05, 3.63) is 65.7 Å². The third kappa shape index (κ3) is 4.92. The average Bonchev–Trinajstić information content (AvgIpc) is 2.65. The summed E-state index contributed by atoms with van der Waals surface area (Å²) in [5.41, 5.74) is 2.13. The lowest BCUT2D eigenvalue weighted by atomic mass is 10.1. The molecule has 0 heterocycles. The molecule has 0 aliphatic carbocycles. The highest BCUT2D eigenvalue weighted by molar-refractivity contribution is 7.54. The van der Waals surface area contributed by atoms with Gasteiger partial charge in [0.1, 0.15) is 11.5 Å². The number of rotatable bonds is 9. The van der Waals surface area contributed by atoms with E-state index in [2.05, 4.69) is 5.32 Å². The molecular formula is C18H24NO4P. The first-order valence-corrected chi connectivity index (χ1v) is 9.34. The van der Waals surface area contributed by atoms with Gasteiger partial charge in [-0.05, 0) is 29.7 Å². The van der Waals surface area contributed by atoms with Crippen molar-refractivity contribution in [3.63, 3.8) is 0 Å². The summed E-state index contributed by atoms with van der Waals surface area (Å²) in [4.78, 5) is 0. The maximum atomic E-state index is 12.8. The zero-order chi connectivity index (χ0) is 17.4. The second kappa shape index (κ2) is 9.00. The number of methoxy groups -OCH3 is 1. The lowest BCUT2D eigenvalue weighted by molar-refractivity contribution is 0.258. The highest BCUT2D eigenvalue weighted by atomic mass is 31.2. The molecule has 5 nitrogen and oxygen atoms in total. The van der Waals surface area contributed by atoms with Crippen molar-refractivity contribution >= 4 is 7.60 Å². The molecule has 1 N–H and O–H groups in total. The van der Waals surface area contributed by atoms with Gasteiger partial charge in [0.2, 0.25) is 0 Å². The third-order valence-electron chi connectivity index (χ3n) is 3.86. The van der Waals surface area contributed by atoms with Gasteiger partial charge in [0.05, 0.1) is 7.11 Å². The van der Waals surface area contributed by atoms with Crippen LogP contribution in [0.1, 0.15) is 11.1 Å². The highest BCUT2D eigenvalue weighted by Crippen LogP contribution is 2.51. The minimum atomic E-state index is -3.24. The van der Waals surface area contributed by atoms with E-state index in [4.69, 9.17) is 13.8 Å². The Morgan fingerprint density at radius 2 is 1.54 bits per heavy atom. The van der Waals surface area contributed by atoms with E-state index in [-0.39, 0.29) is 0 Å². The third-order valence-corrected chi connectivity index (χ3v) is 6.01. The molecule has 0 saturated heterocycles. The summed E-state index contributed by atoms with van der Waals surface area (Å²) < 4.78 is 28.4. The van der Waals surface area contributed by atoms with Crippen molar-refractivity contribution in [1.29, 1.82) is 0 Å². The van der Waals surface area contributed by atoms with Gasteiger partial charge in [0.25, 0.3) is 0 Å². The first kappa shape index (κ1) is 18.7. The molecule has 2 aromatic rings. The van der Waals surface area contributed by atoms with E-state index in [9.17, 15) is 4.57 Å². The van der Waals surface area contributed by atoms with Crippen LogP contribution in [0.25, 0.3) is 0 Å². The molecule has 0 aromatic heterocycles. The summed E-state index contributed by atoms with van der Waals surface area (Å²) in [6, 6.07) is 17.6. The number of nitrogens with one attached hydrogen (secondary N) is 1. The van der Waals surface area contributed by atoms with Crippen molar-refractivity contribution in [2.75, 3.05) is 21.3 Å². The Morgan fingerprint density at radius 1 is 0.917 bits per heavy atom. The summed E-state index contributed by atoms with van der Waals surface area (Å²) in [7, 11) is 1.22. The summed E-state index contributed by atoms with van der Waals surface area (Å²) in [6.45, 7) is 0.554. The molecule has 0 aliphatic heterocycles. The number of benzene rings is 2. The molecule has 0 bridgehead atoms. The van der Waals surface area contributed by atoms with Crippen molar-refractivity contribution in [1.82, 2.24) is 5.32 Å². The first-order valence-electron chi connectivity index (χ1n) is 7.72. The van der Waals surface area contributed by atoms with E-state index in [0.717, 1.165) is 16.9 Å². The second-order valence-corrected chi connectivity index (χ2v) is 7.77. The van der Waals surface area contributed by atoms with Gasteiger partial charge in [-0.25, -0.2) is 0 Å². The molecule has 0 spiro atoms. The predicted octanol–water partition coefficient (Wildman–Crippen LogP) is 3.84. The number of ether oxygens (including phenoxy) is 1. The molecule has 2 rings (SSSR count). The molecule has 1 unspecified atom stereocenters. The minimum Gasteiger partial charge on any atom is -0.497 e. The van der Waals surface area contributed by atoms with Crippen LogP contribution < -0.4 is 10.1 Å². The normalized spacial score (nSPS) is 12.8. The van der Waals surface area contributed by atoms with Crippen LogP contribution >= 0.6 is 7.60 Å². The summed E-state index contributed by atoms with van der Waals surface area (Å²) >= 11 is 0. The Balaban J connectivity index is 2.11. The lowest BCUT2D eigenvalue weighted by Crippen LogP contribution is -2.31. The Labute approximate surface area is 143 Å². The Morgan fingerprint density at radius 3 is 2.08 bits per heavy atom. The molecule has 0 radical (unpaired) electrons. The topological polar surface area (TPSA) is 56.8 Å². The van der Waals surface area contributed by atoms with Gasteiger partial charge in [-0.1, -0.05) is 42.5 Å². The zero-order valence-electron chi connectivity index (χ0n) is 14.3. The molecule has 0 amide bonds. The Hall–Kier alpha value is -1.65. The smallest absolute Gasteiger partial charge is 0.347 e. The monoisotopic (exact) mass is 349 g/mol. The highest BCUT2D eigenvalue weighted by Gasteiger charge is 2.33. The molecule has 0 aliphatic rings. The van der Waals surface area contributed by atoms with Crippen LogP contribution in [0.5, 0.6) is 5.75 Å². The van der Waals surface area contributed by atoms with Crippen LogP contribution in [0, 0.1) is 0 Å². The largest absolute Gasteiger partial charge is 0.497 e. The molecule has 24 heavy (non-hydrogen) atoms. The van der Waals surface area contributed by atoms with Crippen LogP contribution in [-0.4, -0.2) is 27.1 Å². The Bertz CT molecular complexity index is 652. The first-order chi connectivity index (χ1) is 11.6. The van der Waals surface area contributed by atoms with E-state index >= 15 is 0 Å². The molecule has 1 atom stereocenters. The van der Waals surface area contributed by atoms with E-state index in [1.54, 1.807) is 7.11 Å². The van der Waals surface area contributed by atoms with Crippen LogP contribution in [0.4, 0.5) is 0 Å². The van der Waals surface area contributed by atoms with E-state index in [1.165, 1.54) is 14.2 Å². The molecule has 0 fully saturated rings. The van der Waals surface area contributed by atoms with E-state index in [1.807, 2.05) is 54.6 Å². The van der Waals surface area contributed by atoms with Gasteiger partial charge in [0.15, 0.2) is 0 Å².